The van der Waals surface area contributed by atoms with Crippen LogP contribution in [0.2, 0.25) is 0 Å². The fraction of sp³-hybridized carbons (Fsp3) is 0.0833. The zero-order valence-electron chi connectivity index (χ0n) is 9.84. The molecule has 0 unspecified atom stereocenters. The minimum absolute atomic E-state index is 0.342. The number of benzene rings is 1. The van der Waals surface area contributed by atoms with Crippen molar-refractivity contribution in [2.75, 3.05) is 12.3 Å². The van der Waals surface area contributed by atoms with Crippen molar-refractivity contribution >= 4 is 22.5 Å². The predicted octanol–water partition coefficient (Wildman–Crippen LogP) is 0.710. The highest BCUT2D eigenvalue weighted by Crippen LogP contribution is 2.23. The molecule has 2 aromatic heterocycles. The maximum Gasteiger partial charge on any atom is 0.188 e. The van der Waals surface area contributed by atoms with Crippen LogP contribution in [0, 0.1) is 0 Å². The van der Waals surface area contributed by atoms with Crippen LogP contribution in [0.15, 0.2) is 24.4 Å². The molecule has 0 radical (unpaired) electrons. The average Bonchev–Trinajstić information content (AvgIpc) is 3.02. The van der Waals surface area contributed by atoms with Gasteiger partial charge in [0, 0.05) is 11.8 Å². The van der Waals surface area contributed by atoms with Gasteiger partial charge in [0.2, 0.25) is 0 Å². The molecule has 0 aliphatic rings. The number of aliphatic hydroxyl groups is 1. The van der Waals surface area contributed by atoms with Crippen molar-refractivity contribution in [3.05, 3.63) is 30.0 Å². The molecular formula is C12H11N5O2. The highest BCUT2D eigenvalue weighted by molar-refractivity contribution is 5.99. The van der Waals surface area contributed by atoms with Crippen LogP contribution >= 0.6 is 0 Å². The quantitative estimate of drug-likeness (QED) is 0.515. The Morgan fingerprint density at radius 1 is 1.42 bits per heavy atom. The third kappa shape index (κ3) is 1.85. The van der Waals surface area contributed by atoms with E-state index in [4.69, 9.17) is 10.8 Å². The van der Waals surface area contributed by atoms with E-state index in [-0.39, 0.29) is 5.78 Å². The summed E-state index contributed by atoms with van der Waals surface area (Å²) in [5.41, 5.74) is 8.59. The van der Waals surface area contributed by atoms with E-state index in [1.807, 2.05) is 0 Å². The van der Waals surface area contributed by atoms with E-state index >= 15 is 0 Å². The Labute approximate surface area is 107 Å². The summed E-state index contributed by atoms with van der Waals surface area (Å²) in [6.07, 6.45) is 1.57. The number of anilines is 1. The van der Waals surface area contributed by atoms with Crippen molar-refractivity contribution in [2.24, 2.45) is 0 Å². The van der Waals surface area contributed by atoms with Crippen molar-refractivity contribution in [1.82, 2.24) is 20.2 Å². The topological polar surface area (TPSA) is 121 Å². The number of nitrogens with one attached hydrogen (secondary N) is 2. The van der Waals surface area contributed by atoms with Gasteiger partial charge < -0.3 is 15.8 Å². The highest BCUT2D eigenvalue weighted by Gasteiger charge is 2.12. The maximum atomic E-state index is 11.4. The first-order chi connectivity index (χ1) is 9.19. The molecule has 0 atom stereocenters. The molecule has 0 amide bonds. The van der Waals surface area contributed by atoms with Gasteiger partial charge in [0.1, 0.15) is 6.61 Å². The van der Waals surface area contributed by atoms with Crippen LogP contribution in [0.1, 0.15) is 10.4 Å². The zero-order valence-corrected chi connectivity index (χ0v) is 9.84. The van der Waals surface area contributed by atoms with Gasteiger partial charge in [-0.25, -0.2) is 4.98 Å². The first kappa shape index (κ1) is 11.4. The standard InChI is InChI=1S/C12H11N5O2/c13-7-4-14-17-11(7)12-15-8-2-1-6(10(19)5-18)3-9(8)16-12/h1-4,18H,5,13H2,(H,14,17)(H,15,16). The van der Waals surface area contributed by atoms with E-state index in [9.17, 15) is 4.79 Å². The lowest BCUT2D eigenvalue weighted by Gasteiger charge is -1.95. The van der Waals surface area contributed by atoms with E-state index in [0.717, 1.165) is 5.52 Å². The second kappa shape index (κ2) is 4.21. The highest BCUT2D eigenvalue weighted by atomic mass is 16.3. The number of aromatic amines is 2. The van der Waals surface area contributed by atoms with Gasteiger partial charge in [-0.3, -0.25) is 9.89 Å². The summed E-state index contributed by atoms with van der Waals surface area (Å²) in [5, 5.41) is 15.5. The Morgan fingerprint density at radius 3 is 2.95 bits per heavy atom. The maximum absolute atomic E-state index is 11.4. The molecule has 3 rings (SSSR count). The summed E-state index contributed by atoms with van der Waals surface area (Å²) in [4.78, 5) is 18.8. The van der Waals surface area contributed by atoms with E-state index in [2.05, 4.69) is 20.2 Å². The van der Waals surface area contributed by atoms with Gasteiger partial charge in [0.05, 0.1) is 16.7 Å². The minimum Gasteiger partial charge on any atom is -0.396 e. The third-order valence-electron chi connectivity index (χ3n) is 2.84. The second-order valence-electron chi connectivity index (χ2n) is 4.09. The van der Waals surface area contributed by atoms with E-state index in [1.54, 1.807) is 24.4 Å². The zero-order chi connectivity index (χ0) is 13.4. The van der Waals surface area contributed by atoms with Crippen LogP contribution in [0.25, 0.3) is 22.6 Å². The molecule has 2 heterocycles. The number of imidazole rings is 1. The van der Waals surface area contributed by atoms with Crippen molar-refractivity contribution in [3.8, 4) is 11.5 Å². The van der Waals surface area contributed by atoms with E-state index in [1.165, 1.54) is 0 Å². The molecule has 0 bridgehead atoms. The summed E-state index contributed by atoms with van der Waals surface area (Å²) in [6, 6.07) is 4.99. The summed E-state index contributed by atoms with van der Waals surface area (Å²) in [6.45, 7) is -0.519. The Hall–Kier alpha value is -2.67. The van der Waals surface area contributed by atoms with Crippen LogP contribution in [0.4, 0.5) is 5.69 Å². The number of nitrogens with zero attached hydrogens (tertiary/aromatic N) is 2. The van der Waals surface area contributed by atoms with Gasteiger partial charge in [-0.1, -0.05) is 0 Å². The lowest BCUT2D eigenvalue weighted by Crippen LogP contribution is -2.03. The van der Waals surface area contributed by atoms with Crippen LogP contribution in [-0.4, -0.2) is 37.7 Å². The molecular weight excluding hydrogens is 246 g/mol. The lowest BCUT2D eigenvalue weighted by molar-refractivity contribution is 0.0904. The van der Waals surface area contributed by atoms with Gasteiger partial charge >= 0.3 is 0 Å². The number of carbonyl (C=O) groups excluding carboxylic acids is 1. The fourth-order valence-corrected chi connectivity index (χ4v) is 1.87. The normalized spacial score (nSPS) is 11.0. The smallest absolute Gasteiger partial charge is 0.188 e. The Balaban J connectivity index is 2.11. The summed E-state index contributed by atoms with van der Waals surface area (Å²) in [7, 11) is 0. The molecule has 5 N–H and O–H groups in total. The number of H-pyrrole nitrogens is 2. The number of ketones is 1. The number of fused-ring (bicyclic) bond motifs is 1. The summed E-state index contributed by atoms with van der Waals surface area (Å²) in [5.74, 6) is 0.188. The summed E-state index contributed by atoms with van der Waals surface area (Å²) < 4.78 is 0. The van der Waals surface area contributed by atoms with Crippen molar-refractivity contribution in [3.63, 3.8) is 0 Å². The molecule has 1 aromatic carbocycles. The molecule has 0 fully saturated rings. The van der Waals surface area contributed by atoms with Gasteiger partial charge in [0.25, 0.3) is 0 Å². The van der Waals surface area contributed by atoms with Crippen molar-refractivity contribution in [2.45, 2.75) is 0 Å². The van der Waals surface area contributed by atoms with Gasteiger partial charge in [-0.2, -0.15) is 5.10 Å². The van der Waals surface area contributed by atoms with E-state index < -0.39 is 6.61 Å². The Kier molecular flexibility index (Phi) is 2.53. The SMILES string of the molecule is Nc1c[nH]nc1-c1nc2cc(C(=O)CO)ccc2[nH]1. The fourth-order valence-electron chi connectivity index (χ4n) is 1.87. The number of carbonyl (C=O) groups is 1. The number of Topliss-reactive ketones (excluding diaryl/α,β-unsaturated/α-hetero) is 1. The first-order valence-corrected chi connectivity index (χ1v) is 5.62. The molecule has 0 aliphatic heterocycles. The third-order valence-corrected chi connectivity index (χ3v) is 2.84. The van der Waals surface area contributed by atoms with Crippen LogP contribution < -0.4 is 5.73 Å². The number of aliphatic hydroxyl groups excluding tert-OH is 1. The van der Waals surface area contributed by atoms with Crippen LogP contribution in [0.5, 0.6) is 0 Å². The number of hydrogen-bond donors (Lipinski definition) is 4. The second-order valence-corrected chi connectivity index (χ2v) is 4.09. The van der Waals surface area contributed by atoms with E-state index in [0.29, 0.717) is 28.3 Å². The molecule has 0 saturated carbocycles. The minimum atomic E-state index is -0.519. The molecule has 7 nitrogen and oxygen atoms in total. The van der Waals surface area contributed by atoms with Gasteiger partial charge in [0.15, 0.2) is 17.3 Å². The largest absolute Gasteiger partial charge is 0.396 e. The number of aromatic nitrogens is 4. The van der Waals surface area contributed by atoms with Crippen LogP contribution in [0.3, 0.4) is 0 Å². The molecule has 19 heavy (non-hydrogen) atoms. The number of rotatable bonds is 3. The monoisotopic (exact) mass is 257 g/mol. The molecule has 0 aliphatic carbocycles. The number of nitrogens with two attached hydrogens (primary N) is 1. The predicted molar refractivity (Wildman–Crippen MR) is 69.5 cm³/mol. The Morgan fingerprint density at radius 2 is 2.26 bits per heavy atom. The molecule has 7 heteroatoms. The Bertz CT molecular complexity index is 758. The molecule has 96 valence electrons. The lowest BCUT2D eigenvalue weighted by atomic mass is 10.1. The van der Waals surface area contributed by atoms with Crippen LogP contribution in [-0.2, 0) is 0 Å². The molecule has 0 saturated heterocycles. The van der Waals surface area contributed by atoms with Crippen molar-refractivity contribution < 1.29 is 9.90 Å². The van der Waals surface area contributed by atoms with Gasteiger partial charge in [-0.15, -0.1) is 0 Å². The summed E-state index contributed by atoms with van der Waals surface area (Å²) >= 11 is 0. The molecule has 0 spiro atoms. The number of nitrogen functional groups attached to an aromatic ring is 1. The molecule has 3 aromatic rings. The first-order valence-electron chi connectivity index (χ1n) is 5.62. The number of hydrogen-bond acceptors (Lipinski definition) is 5. The van der Waals surface area contributed by atoms with Crippen molar-refractivity contribution in [1.29, 1.82) is 0 Å². The van der Waals surface area contributed by atoms with Gasteiger partial charge in [-0.05, 0) is 18.2 Å². The average molecular weight is 257 g/mol.